The van der Waals surface area contributed by atoms with Gasteiger partial charge in [0, 0.05) is 19.1 Å². The lowest BCUT2D eigenvalue weighted by molar-refractivity contribution is -0.137. The van der Waals surface area contributed by atoms with E-state index >= 15 is 0 Å². The number of halogens is 3. The molecule has 2 fully saturated rings. The van der Waals surface area contributed by atoms with Crippen molar-refractivity contribution in [2.24, 2.45) is 0 Å². The standard InChI is InChI=1S/C21H28F3N3O2/c22-21(23,24)16-11-9-15(10-12-16)14-27(18-8-4-5-13-25-19(18)28)20(29)26-17-6-2-1-3-7-17/h9-12,17-18H,1-8,13-14H2,(H,25,28)(H,26,29). The maximum absolute atomic E-state index is 13.1. The van der Waals surface area contributed by atoms with Gasteiger partial charge in [-0.2, -0.15) is 13.2 Å². The summed E-state index contributed by atoms with van der Waals surface area (Å²) in [7, 11) is 0. The van der Waals surface area contributed by atoms with Crippen LogP contribution in [0.25, 0.3) is 0 Å². The average molecular weight is 411 g/mol. The summed E-state index contributed by atoms with van der Waals surface area (Å²) in [6.45, 7) is 0.669. The number of amides is 3. The highest BCUT2D eigenvalue weighted by Gasteiger charge is 2.33. The Hall–Kier alpha value is -2.25. The van der Waals surface area contributed by atoms with Crippen molar-refractivity contribution >= 4 is 11.9 Å². The fraction of sp³-hybridized carbons (Fsp3) is 0.619. The zero-order valence-corrected chi connectivity index (χ0v) is 16.4. The lowest BCUT2D eigenvalue weighted by atomic mass is 9.95. The molecule has 1 unspecified atom stereocenters. The predicted molar refractivity (Wildman–Crippen MR) is 103 cm³/mol. The van der Waals surface area contributed by atoms with E-state index in [1.807, 2.05) is 0 Å². The smallest absolute Gasteiger partial charge is 0.354 e. The maximum Gasteiger partial charge on any atom is 0.416 e. The van der Waals surface area contributed by atoms with Crippen LogP contribution in [0.15, 0.2) is 24.3 Å². The predicted octanol–water partition coefficient (Wildman–Crippen LogP) is 4.22. The highest BCUT2D eigenvalue weighted by Crippen LogP contribution is 2.29. The van der Waals surface area contributed by atoms with Gasteiger partial charge in [-0.1, -0.05) is 31.4 Å². The number of nitrogens with one attached hydrogen (secondary N) is 2. The molecule has 0 spiro atoms. The molecule has 2 aliphatic rings. The molecule has 5 nitrogen and oxygen atoms in total. The molecule has 1 aliphatic carbocycles. The third-order valence-electron chi connectivity index (χ3n) is 5.71. The van der Waals surface area contributed by atoms with Gasteiger partial charge in [-0.05, 0) is 49.8 Å². The monoisotopic (exact) mass is 411 g/mol. The molecule has 3 amide bonds. The van der Waals surface area contributed by atoms with E-state index in [1.54, 1.807) is 0 Å². The van der Waals surface area contributed by atoms with Crippen LogP contribution in [0.2, 0.25) is 0 Å². The fourth-order valence-electron chi connectivity index (χ4n) is 4.04. The van der Waals surface area contributed by atoms with Gasteiger partial charge in [0.1, 0.15) is 6.04 Å². The van der Waals surface area contributed by atoms with Crippen molar-refractivity contribution in [2.45, 2.75) is 76.2 Å². The first kappa shape index (κ1) is 21.5. The first-order chi connectivity index (χ1) is 13.8. The number of carbonyl (C=O) groups is 2. The summed E-state index contributed by atoms with van der Waals surface area (Å²) >= 11 is 0. The summed E-state index contributed by atoms with van der Waals surface area (Å²) in [4.78, 5) is 27.1. The highest BCUT2D eigenvalue weighted by atomic mass is 19.4. The largest absolute Gasteiger partial charge is 0.416 e. The minimum Gasteiger partial charge on any atom is -0.354 e. The normalized spacial score (nSPS) is 21.2. The number of rotatable bonds is 4. The topological polar surface area (TPSA) is 61.4 Å². The van der Waals surface area contributed by atoms with Crippen molar-refractivity contribution < 1.29 is 22.8 Å². The molecular weight excluding hydrogens is 383 g/mol. The first-order valence-corrected chi connectivity index (χ1v) is 10.4. The maximum atomic E-state index is 13.1. The number of nitrogens with zero attached hydrogens (tertiary/aromatic N) is 1. The van der Waals surface area contributed by atoms with E-state index in [0.717, 1.165) is 57.1 Å². The number of carbonyl (C=O) groups excluding carboxylic acids is 2. The van der Waals surface area contributed by atoms with Gasteiger partial charge in [0.05, 0.1) is 5.56 Å². The van der Waals surface area contributed by atoms with Crippen molar-refractivity contribution in [3.63, 3.8) is 0 Å². The van der Waals surface area contributed by atoms with E-state index in [9.17, 15) is 22.8 Å². The number of urea groups is 1. The molecule has 1 aromatic rings. The summed E-state index contributed by atoms with van der Waals surface area (Å²) < 4.78 is 38.5. The summed E-state index contributed by atoms with van der Waals surface area (Å²) in [5.41, 5.74) is -0.166. The minimum absolute atomic E-state index is 0.0835. The zero-order valence-electron chi connectivity index (χ0n) is 16.4. The molecule has 2 N–H and O–H groups in total. The van der Waals surface area contributed by atoms with Crippen LogP contribution in [-0.4, -0.2) is 35.5 Å². The summed E-state index contributed by atoms with van der Waals surface area (Å²) in [6.07, 6.45) is 2.91. The van der Waals surface area contributed by atoms with Gasteiger partial charge in [-0.15, -0.1) is 0 Å². The Morgan fingerprint density at radius 3 is 2.34 bits per heavy atom. The molecule has 0 bridgehead atoms. The van der Waals surface area contributed by atoms with Crippen LogP contribution in [0.4, 0.5) is 18.0 Å². The van der Waals surface area contributed by atoms with Gasteiger partial charge in [0.2, 0.25) is 5.91 Å². The quantitative estimate of drug-likeness (QED) is 0.779. The Kier molecular flexibility index (Phi) is 7.03. The van der Waals surface area contributed by atoms with Crippen LogP contribution in [0, 0.1) is 0 Å². The molecule has 1 atom stereocenters. The van der Waals surface area contributed by atoms with Gasteiger partial charge in [0.15, 0.2) is 0 Å². The van der Waals surface area contributed by atoms with Gasteiger partial charge >= 0.3 is 12.2 Å². The first-order valence-electron chi connectivity index (χ1n) is 10.4. The second kappa shape index (κ2) is 9.50. The van der Waals surface area contributed by atoms with Crippen LogP contribution in [-0.2, 0) is 17.5 Å². The van der Waals surface area contributed by atoms with Crippen molar-refractivity contribution in [1.29, 1.82) is 0 Å². The molecule has 1 saturated carbocycles. The van der Waals surface area contributed by atoms with E-state index in [-0.39, 0.29) is 24.5 Å². The second-order valence-electron chi connectivity index (χ2n) is 7.91. The SMILES string of the molecule is O=C1NCCCCC1N(Cc1ccc(C(F)(F)F)cc1)C(=O)NC1CCCCC1. The van der Waals surface area contributed by atoms with Crippen LogP contribution in [0.1, 0.15) is 62.5 Å². The number of benzene rings is 1. The molecule has 0 radical (unpaired) electrons. The Labute approximate surface area is 169 Å². The molecule has 1 saturated heterocycles. The highest BCUT2D eigenvalue weighted by molar-refractivity contribution is 5.87. The summed E-state index contributed by atoms with van der Waals surface area (Å²) in [6, 6.07) is 3.92. The second-order valence-corrected chi connectivity index (χ2v) is 7.91. The lowest BCUT2D eigenvalue weighted by Gasteiger charge is -2.33. The average Bonchev–Trinajstić information content (AvgIpc) is 2.91. The molecule has 0 aromatic heterocycles. The molecule has 1 aromatic carbocycles. The van der Waals surface area contributed by atoms with E-state index in [2.05, 4.69) is 10.6 Å². The third kappa shape index (κ3) is 5.87. The van der Waals surface area contributed by atoms with Gasteiger partial charge < -0.3 is 15.5 Å². The van der Waals surface area contributed by atoms with E-state index in [0.29, 0.717) is 18.5 Å². The van der Waals surface area contributed by atoms with Crippen molar-refractivity contribution in [2.75, 3.05) is 6.54 Å². The summed E-state index contributed by atoms with van der Waals surface area (Å²) in [5, 5.41) is 5.88. The van der Waals surface area contributed by atoms with E-state index in [1.165, 1.54) is 17.0 Å². The van der Waals surface area contributed by atoms with Gasteiger partial charge in [-0.25, -0.2) is 4.79 Å². The van der Waals surface area contributed by atoms with Crippen LogP contribution in [0.3, 0.4) is 0 Å². The van der Waals surface area contributed by atoms with Crippen molar-refractivity contribution in [3.05, 3.63) is 35.4 Å². The number of hydrogen-bond donors (Lipinski definition) is 2. The lowest BCUT2D eigenvalue weighted by Crippen LogP contribution is -2.53. The Morgan fingerprint density at radius 1 is 1.03 bits per heavy atom. The van der Waals surface area contributed by atoms with Crippen molar-refractivity contribution in [3.8, 4) is 0 Å². The number of alkyl halides is 3. The molecule has 8 heteroatoms. The van der Waals surface area contributed by atoms with Gasteiger partial charge in [0.25, 0.3) is 0 Å². The minimum atomic E-state index is -4.41. The molecule has 160 valence electrons. The molecular formula is C21H28F3N3O2. The molecule has 3 rings (SSSR count). The fourth-order valence-corrected chi connectivity index (χ4v) is 4.04. The third-order valence-corrected chi connectivity index (χ3v) is 5.71. The van der Waals surface area contributed by atoms with Crippen LogP contribution < -0.4 is 10.6 Å². The molecule has 29 heavy (non-hydrogen) atoms. The van der Waals surface area contributed by atoms with Crippen LogP contribution in [0.5, 0.6) is 0 Å². The Morgan fingerprint density at radius 2 is 1.69 bits per heavy atom. The molecule has 1 heterocycles. The Bertz CT molecular complexity index is 700. The summed E-state index contributed by atoms with van der Waals surface area (Å²) in [5.74, 6) is -0.201. The van der Waals surface area contributed by atoms with Crippen LogP contribution >= 0.6 is 0 Å². The Balaban J connectivity index is 1.77. The van der Waals surface area contributed by atoms with Crippen molar-refractivity contribution in [1.82, 2.24) is 15.5 Å². The van der Waals surface area contributed by atoms with E-state index in [4.69, 9.17) is 0 Å². The van der Waals surface area contributed by atoms with E-state index < -0.39 is 17.8 Å². The zero-order chi connectivity index (χ0) is 20.9. The number of hydrogen-bond acceptors (Lipinski definition) is 2. The molecule has 1 aliphatic heterocycles. The van der Waals surface area contributed by atoms with Gasteiger partial charge in [-0.3, -0.25) is 4.79 Å².